The monoisotopic (exact) mass is 277 g/mol. The molecular formula is C15H23N3O2. The molecule has 0 fully saturated rings. The number of anilines is 2. The first kappa shape index (κ1) is 16.2. The first-order valence-corrected chi connectivity index (χ1v) is 6.52. The molecule has 110 valence electrons. The lowest BCUT2D eigenvalue weighted by Crippen LogP contribution is -2.53. The maximum atomic E-state index is 12.3. The molecule has 0 heterocycles. The highest BCUT2D eigenvalue weighted by atomic mass is 16.2. The van der Waals surface area contributed by atoms with Gasteiger partial charge in [-0.05, 0) is 45.9 Å². The van der Waals surface area contributed by atoms with Gasteiger partial charge in [0.25, 0.3) is 0 Å². The summed E-state index contributed by atoms with van der Waals surface area (Å²) in [7, 11) is 0. The Hall–Kier alpha value is -1.88. The molecule has 0 aliphatic rings. The Balaban J connectivity index is 2.89. The number of nitrogens with one attached hydrogen (secondary N) is 2. The number of amides is 2. The van der Waals surface area contributed by atoms with E-state index in [4.69, 9.17) is 5.73 Å². The molecule has 0 aromatic heterocycles. The van der Waals surface area contributed by atoms with Crippen LogP contribution >= 0.6 is 0 Å². The summed E-state index contributed by atoms with van der Waals surface area (Å²) in [5.41, 5.74) is 5.94. The fraction of sp³-hybridized carbons (Fsp3) is 0.467. The average Bonchev–Trinajstić information content (AvgIpc) is 2.26. The highest BCUT2D eigenvalue weighted by molar-refractivity contribution is 5.97. The van der Waals surface area contributed by atoms with Crippen molar-refractivity contribution in [1.82, 2.24) is 0 Å². The summed E-state index contributed by atoms with van der Waals surface area (Å²) >= 11 is 0. The van der Waals surface area contributed by atoms with E-state index in [9.17, 15) is 9.59 Å². The maximum Gasteiger partial charge on any atom is 0.231 e. The highest BCUT2D eigenvalue weighted by Gasteiger charge is 2.40. The quantitative estimate of drug-likeness (QED) is 0.789. The lowest BCUT2D eigenvalue weighted by molar-refractivity contribution is -0.126. The molecule has 0 atom stereocenters. The van der Waals surface area contributed by atoms with Gasteiger partial charge in [-0.2, -0.15) is 0 Å². The molecule has 5 nitrogen and oxygen atoms in total. The molecule has 0 spiro atoms. The third-order valence-electron chi connectivity index (χ3n) is 3.62. The molecule has 5 heteroatoms. The molecule has 1 rings (SSSR count). The number of carbonyl (C=O) groups excluding carboxylic acids is 2. The predicted octanol–water partition coefficient (Wildman–Crippen LogP) is 2.35. The van der Waals surface area contributed by atoms with Crippen molar-refractivity contribution in [2.75, 3.05) is 10.6 Å². The number of hydrogen-bond acceptors (Lipinski definition) is 3. The Bertz CT molecular complexity index is 516. The number of rotatable bonds is 4. The average molecular weight is 277 g/mol. The van der Waals surface area contributed by atoms with E-state index in [1.165, 1.54) is 6.92 Å². The van der Waals surface area contributed by atoms with E-state index in [1.54, 1.807) is 38.1 Å². The summed E-state index contributed by atoms with van der Waals surface area (Å²) < 4.78 is 0. The molecule has 1 aromatic carbocycles. The van der Waals surface area contributed by atoms with Gasteiger partial charge in [-0.3, -0.25) is 9.59 Å². The van der Waals surface area contributed by atoms with Crippen LogP contribution in [-0.4, -0.2) is 17.4 Å². The Kier molecular flexibility index (Phi) is 4.55. The van der Waals surface area contributed by atoms with Gasteiger partial charge in [0.15, 0.2) is 0 Å². The van der Waals surface area contributed by atoms with Crippen LogP contribution in [0.2, 0.25) is 0 Å². The Morgan fingerprint density at radius 3 is 2.00 bits per heavy atom. The molecule has 0 radical (unpaired) electrons. The van der Waals surface area contributed by atoms with Crippen LogP contribution < -0.4 is 16.4 Å². The van der Waals surface area contributed by atoms with Crippen LogP contribution in [0.5, 0.6) is 0 Å². The summed E-state index contributed by atoms with van der Waals surface area (Å²) in [6.07, 6.45) is 0. The number of benzene rings is 1. The fourth-order valence-corrected chi connectivity index (χ4v) is 1.46. The van der Waals surface area contributed by atoms with E-state index in [0.717, 1.165) is 0 Å². The van der Waals surface area contributed by atoms with Gasteiger partial charge in [-0.15, -0.1) is 0 Å². The van der Waals surface area contributed by atoms with Crippen molar-refractivity contribution in [3.8, 4) is 0 Å². The first-order valence-electron chi connectivity index (χ1n) is 6.52. The summed E-state index contributed by atoms with van der Waals surface area (Å²) in [6, 6.07) is 7.00. The van der Waals surface area contributed by atoms with Crippen LogP contribution in [-0.2, 0) is 9.59 Å². The molecule has 0 unspecified atom stereocenters. The van der Waals surface area contributed by atoms with Crippen molar-refractivity contribution >= 4 is 23.2 Å². The van der Waals surface area contributed by atoms with Gasteiger partial charge >= 0.3 is 0 Å². The zero-order valence-corrected chi connectivity index (χ0v) is 12.7. The third kappa shape index (κ3) is 3.81. The largest absolute Gasteiger partial charge is 0.326 e. The van der Waals surface area contributed by atoms with Crippen LogP contribution in [0.1, 0.15) is 34.6 Å². The second-order valence-corrected chi connectivity index (χ2v) is 6.06. The number of carbonyl (C=O) groups is 2. The molecule has 4 N–H and O–H groups in total. The van der Waals surface area contributed by atoms with Gasteiger partial charge in [-0.25, -0.2) is 0 Å². The topological polar surface area (TPSA) is 84.2 Å². The lowest BCUT2D eigenvalue weighted by Gasteiger charge is -2.36. The molecule has 20 heavy (non-hydrogen) atoms. The van der Waals surface area contributed by atoms with Gasteiger partial charge < -0.3 is 16.4 Å². The number of hydrogen-bond donors (Lipinski definition) is 3. The molecule has 0 aliphatic heterocycles. The minimum Gasteiger partial charge on any atom is -0.326 e. The number of nitrogens with two attached hydrogens (primary N) is 1. The summed E-state index contributed by atoms with van der Waals surface area (Å²) in [5, 5.41) is 5.50. The van der Waals surface area contributed by atoms with Crippen LogP contribution in [0.3, 0.4) is 0 Å². The molecule has 0 saturated carbocycles. The van der Waals surface area contributed by atoms with Crippen LogP contribution in [0, 0.1) is 5.41 Å². The van der Waals surface area contributed by atoms with Gasteiger partial charge in [0.2, 0.25) is 11.8 Å². The van der Waals surface area contributed by atoms with E-state index in [0.29, 0.717) is 11.4 Å². The Morgan fingerprint density at radius 2 is 1.55 bits per heavy atom. The normalized spacial score (nSPS) is 11.9. The molecule has 0 saturated heterocycles. The van der Waals surface area contributed by atoms with Gasteiger partial charge in [0, 0.05) is 23.8 Å². The molecule has 0 bridgehead atoms. The van der Waals surface area contributed by atoms with Crippen molar-refractivity contribution in [3.63, 3.8) is 0 Å². The van der Waals surface area contributed by atoms with Gasteiger partial charge in [-0.1, -0.05) is 6.07 Å². The minimum absolute atomic E-state index is 0.156. The second kappa shape index (κ2) is 5.63. The first-order chi connectivity index (χ1) is 9.04. The Labute approximate surface area is 119 Å². The molecule has 1 aromatic rings. The standard InChI is InChI=1S/C15H23N3O2/c1-10(19)17-11-7-6-8-12(9-11)18-13(20)14(2,3)15(4,5)16/h6-9H,16H2,1-5H3,(H,17,19)(H,18,20). The van der Waals surface area contributed by atoms with Gasteiger partial charge in [0.1, 0.15) is 0 Å². The van der Waals surface area contributed by atoms with E-state index in [2.05, 4.69) is 10.6 Å². The van der Waals surface area contributed by atoms with Crippen LogP contribution in [0.15, 0.2) is 24.3 Å². The van der Waals surface area contributed by atoms with E-state index in [1.807, 2.05) is 13.8 Å². The van der Waals surface area contributed by atoms with Crippen LogP contribution in [0.25, 0.3) is 0 Å². The summed E-state index contributed by atoms with van der Waals surface area (Å²) in [4.78, 5) is 23.4. The summed E-state index contributed by atoms with van der Waals surface area (Å²) in [6.45, 7) is 8.69. The smallest absolute Gasteiger partial charge is 0.231 e. The fourth-order valence-electron chi connectivity index (χ4n) is 1.46. The van der Waals surface area contributed by atoms with Crippen LogP contribution in [0.4, 0.5) is 11.4 Å². The van der Waals surface area contributed by atoms with Crippen molar-refractivity contribution in [1.29, 1.82) is 0 Å². The SMILES string of the molecule is CC(=O)Nc1cccc(NC(=O)C(C)(C)C(C)(C)N)c1. The Morgan fingerprint density at radius 1 is 1.05 bits per heavy atom. The second-order valence-electron chi connectivity index (χ2n) is 6.06. The van der Waals surface area contributed by atoms with Crippen molar-refractivity contribution in [2.24, 2.45) is 11.1 Å². The minimum atomic E-state index is -0.725. The maximum absolute atomic E-state index is 12.3. The van der Waals surface area contributed by atoms with E-state index >= 15 is 0 Å². The molecule has 2 amide bonds. The van der Waals surface area contributed by atoms with Crippen molar-refractivity contribution in [2.45, 2.75) is 40.2 Å². The van der Waals surface area contributed by atoms with Crippen molar-refractivity contribution < 1.29 is 9.59 Å². The zero-order valence-electron chi connectivity index (χ0n) is 12.7. The highest BCUT2D eigenvalue weighted by Crippen LogP contribution is 2.30. The third-order valence-corrected chi connectivity index (χ3v) is 3.62. The zero-order chi connectivity index (χ0) is 15.6. The van der Waals surface area contributed by atoms with E-state index in [-0.39, 0.29) is 11.8 Å². The summed E-state index contributed by atoms with van der Waals surface area (Å²) in [5.74, 6) is -0.318. The van der Waals surface area contributed by atoms with Crippen molar-refractivity contribution in [3.05, 3.63) is 24.3 Å². The predicted molar refractivity (Wildman–Crippen MR) is 81.4 cm³/mol. The lowest BCUT2D eigenvalue weighted by atomic mass is 9.74. The van der Waals surface area contributed by atoms with E-state index < -0.39 is 11.0 Å². The van der Waals surface area contributed by atoms with Gasteiger partial charge in [0.05, 0.1) is 5.41 Å². The molecule has 0 aliphatic carbocycles. The molecular weight excluding hydrogens is 254 g/mol.